The van der Waals surface area contributed by atoms with Crippen LogP contribution in [0, 0.1) is 13.8 Å². The van der Waals surface area contributed by atoms with E-state index < -0.39 is 5.91 Å². The molecule has 0 N–H and O–H groups in total. The molecule has 0 spiro atoms. The van der Waals surface area contributed by atoms with E-state index in [4.69, 9.17) is 11.6 Å². The molecule has 30 heavy (non-hydrogen) atoms. The number of hydrogen-bond acceptors (Lipinski definition) is 4. The highest BCUT2D eigenvalue weighted by Gasteiger charge is 2.39. The maximum Gasteiger partial charge on any atom is 0.277 e. The van der Waals surface area contributed by atoms with Gasteiger partial charge in [-0.1, -0.05) is 36.7 Å². The quantitative estimate of drug-likeness (QED) is 0.698. The lowest BCUT2D eigenvalue weighted by molar-refractivity contribution is -0.119. The first kappa shape index (κ1) is 20.6. The number of aryl methyl sites for hydroxylation is 2. The summed E-state index contributed by atoms with van der Waals surface area (Å²) in [5.41, 5.74) is 4.76. The predicted molar refractivity (Wildman–Crippen MR) is 122 cm³/mol. The van der Waals surface area contributed by atoms with Crippen LogP contribution in [0.4, 0.5) is 11.4 Å². The van der Waals surface area contributed by atoms with Crippen LogP contribution in [-0.4, -0.2) is 49.4 Å². The molecule has 5 nitrogen and oxygen atoms in total. The predicted octanol–water partition coefficient (Wildman–Crippen LogP) is 3.97. The monoisotopic (exact) mass is 423 g/mol. The Balaban J connectivity index is 1.56. The largest absolute Gasteiger partial charge is 0.369 e. The summed E-state index contributed by atoms with van der Waals surface area (Å²) in [6.45, 7) is 11.3. The number of benzene rings is 2. The number of imide groups is 1. The fraction of sp³-hybridized carbons (Fsp3) is 0.333. The summed E-state index contributed by atoms with van der Waals surface area (Å²) < 4.78 is 0. The minimum atomic E-state index is -0.473. The van der Waals surface area contributed by atoms with Crippen LogP contribution in [0.2, 0.25) is 0 Å². The van der Waals surface area contributed by atoms with Crippen LogP contribution in [0.15, 0.2) is 47.5 Å². The summed E-state index contributed by atoms with van der Waals surface area (Å²) in [6.07, 6.45) is 0. The molecule has 0 saturated carbocycles. The third-order valence-electron chi connectivity index (χ3n) is 6.12. The zero-order valence-corrected chi connectivity index (χ0v) is 18.4. The molecule has 0 atom stereocenters. The Morgan fingerprint density at radius 2 is 1.47 bits per heavy atom. The number of anilines is 2. The molecule has 156 valence electrons. The summed E-state index contributed by atoms with van der Waals surface area (Å²) >= 11 is 6.33. The molecular weight excluding hydrogens is 398 g/mol. The van der Waals surface area contributed by atoms with E-state index in [9.17, 15) is 9.59 Å². The van der Waals surface area contributed by atoms with Gasteiger partial charge in [0.2, 0.25) is 0 Å². The number of nitrogens with zero attached hydrogens (tertiary/aromatic N) is 3. The van der Waals surface area contributed by atoms with Crippen molar-refractivity contribution in [2.24, 2.45) is 0 Å². The fourth-order valence-corrected chi connectivity index (χ4v) is 4.29. The van der Waals surface area contributed by atoms with Crippen molar-refractivity contribution in [1.29, 1.82) is 0 Å². The Bertz CT molecular complexity index is 1020. The first-order chi connectivity index (χ1) is 14.4. The van der Waals surface area contributed by atoms with E-state index >= 15 is 0 Å². The van der Waals surface area contributed by atoms with E-state index in [0.29, 0.717) is 11.3 Å². The number of piperazine rings is 1. The lowest BCUT2D eigenvalue weighted by Crippen LogP contribution is -2.46. The standard InChI is InChI=1S/C24H26ClN3O2/c1-4-26-11-13-27(14-12-26)19-7-9-20(10-8-19)28-23(29)21(22(25)24(28)30)18-6-5-16(2)17(3)15-18/h5-10,15H,4,11-14H2,1-3H3. The van der Waals surface area contributed by atoms with Gasteiger partial charge in [0.1, 0.15) is 5.03 Å². The lowest BCUT2D eigenvalue weighted by Gasteiger charge is -2.35. The van der Waals surface area contributed by atoms with Crippen LogP contribution in [0.3, 0.4) is 0 Å². The van der Waals surface area contributed by atoms with E-state index in [0.717, 1.165) is 49.5 Å². The first-order valence-corrected chi connectivity index (χ1v) is 10.7. The topological polar surface area (TPSA) is 43.9 Å². The van der Waals surface area contributed by atoms with Gasteiger partial charge in [0, 0.05) is 31.9 Å². The van der Waals surface area contributed by atoms with Crippen LogP contribution in [-0.2, 0) is 9.59 Å². The molecule has 4 rings (SSSR count). The molecule has 2 aromatic carbocycles. The second-order valence-electron chi connectivity index (χ2n) is 7.87. The maximum absolute atomic E-state index is 13.1. The van der Waals surface area contributed by atoms with E-state index in [1.807, 2.05) is 56.3 Å². The van der Waals surface area contributed by atoms with Gasteiger partial charge in [0.05, 0.1) is 11.3 Å². The van der Waals surface area contributed by atoms with Crippen LogP contribution < -0.4 is 9.80 Å². The minimum Gasteiger partial charge on any atom is -0.369 e. The van der Waals surface area contributed by atoms with Gasteiger partial charge >= 0.3 is 0 Å². The molecule has 0 aliphatic carbocycles. The van der Waals surface area contributed by atoms with Crippen molar-refractivity contribution in [2.45, 2.75) is 20.8 Å². The van der Waals surface area contributed by atoms with Gasteiger partial charge in [-0.05, 0) is 61.3 Å². The Hall–Kier alpha value is -2.63. The van der Waals surface area contributed by atoms with Gasteiger partial charge in [-0.15, -0.1) is 0 Å². The number of likely N-dealkylation sites (N-methyl/N-ethyl adjacent to an activating group) is 1. The van der Waals surface area contributed by atoms with Crippen molar-refractivity contribution >= 4 is 40.4 Å². The average Bonchev–Trinajstić information content (AvgIpc) is 2.99. The van der Waals surface area contributed by atoms with E-state index in [1.54, 1.807) is 0 Å². The number of rotatable bonds is 4. The first-order valence-electron chi connectivity index (χ1n) is 10.3. The molecule has 2 heterocycles. The fourth-order valence-electron chi connectivity index (χ4n) is 4.02. The molecule has 6 heteroatoms. The highest BCUT2D eigenvalue weighted by molar-refractivity contribution is 6.60. The molecule has 2 aromatic rings. The second-order valence-corrected chi connectivity index (χ2v) is 8.25. The molecule has 0 radical (unpaired) electrons. The maximum atomic E-state index is 13.1. The number of halogens is 1. The molecule has 1 fully saturated rings. The zero-order chi connectivity index (χ0) is 21.4. The third-order valence-corrected chi connectivity index (χ3v) is 6.47. The van der Waals surface area contributed by atoms with Gasteiger partial charge in [0.25, 0.3) is 11.8 Å². The van der Waals surface area contributed by atoms with Crippen molar-refractivity contribution < 1.29 is 9.59 Å². The molecule has 0 aromatic heterocycles. The summed E-state index contributed by atoms with van der Waals surface area (Å²) in [5, 5.41) is -0.0250. The summed E-state index contributed by atoms with van der Waals surface area (Å²) in [4.78, 5) is 31.9. The van der Waals surface area contributed by atoms with Crippen molar-refractivity contribution in [3.63, 3.8) is 0 Å². The van der Waals surface area contributed by atoms with Crippen molar-refractivity contribution in [3.05, 3.63) is 64.2 Å². The molecule has 2 amide bonds. The Kier molecular flexibility index (Phi) is 5.67. The van der Waals surface area contributed by atoms with Gasteiger partial charge in [-0.2, -0.15) is 0 Å². The molecule has 0 bridgehead atoms. The van der Waals surface area contributed by atoms with Crippen LogP contribution in [0.25, 0.3) is 5.57 Å². The van der Waals surface area contributed by atoms with Crippen molar-refractivity contribution in [2.75, 3.05) is 42.5 Å². The zero-order valence-electron chi connectivity index (χ0n) is 17.6. The van der Waals surface area contributed by atoms with E-state index in [2.05, 4.69) is 16.7 Å². The SMILES string of the molecule is CCN1CCN(c2ccc(N3C(=O)C(Cl)=C(c4ccc(C)c(C)c4)C3=O)cc2)CC1. The highest BCUT2D eigenvalue weighted by Crippen LogP contribution is 2.36. The second kappa shape index (κ2) is 8.25. The van der Waals surface area contributed by atoms with Gasteiger partial charge in [-0.25, -0.2) is 4.90 Å². The van der Waals surface area contributed by atoms with Crippen molar-refractivity contribution in [1.82, 2.24) is 4.90 Å². The molecule has 2 aliphatic heterocycles. The van der Waals surface area contributed by atoms with Gasteiger partial charge in [0.15, 0.2) is 0 Å². The Morgan fingerprint density at radius 1 is 0.833 bits per heavy atom. The Morgan fingerprint density at radius 3 is 2.07 bits per heavy atom. The van der Waals surface area contributed by atoms with Gasteiger partial charge in [-0.3, -0.25) is 9.59 Å². The van der Waals surface area contributed by atoms with Gasteiger partial charge < -0.3 is 9.80 Å². The Labute approximate surface area is 182 Å². The summed E-state index contributed by atoms with van der Waals surface area (Å²) in [6, 6.07) is 13.3. The van der Waals surface area contributed by atoms with Crippen molar-refractivity contribution in [3.8, 4) is 0 Å². The van der Waals surface area contributed by atoms with Crippen LogP contribution in [0.1, 0.15) is 23.6 Å². The van der Waals surface area contributed by atoms with E-state index in [-0.39, 0.29) is 16.5 Å². The van der Waals surface area contributed by atoms with Crippen LogP contribution in [0.5, 0.6) is 0 Å². The number of hydrogen-bond donors (Lipinski definition) is 0. The summed E-state index contributed by atoms with van der Waals surface area (Å²) in [5.74, 6) is -0.850. The molecule has 2 aliphatic rings. The average molecular weight is 424 g/mol. The normalized spacial score (nSPS) is 18.0. The summed E-state index contributed by atoms with van der Waals surface area (Å²) in [7, 11) is 0. The minimum absolute atomic E-state index is 0.0250. The number of amides is 2. The van der Waals surface area contributed by atoms with Crippen LogP contribution >= 0.6 is 11.6 Å². The lowest BCUT2D eigenvalue weighted by atomic mass is 10.0. The smallest absolute Gasteiger partial charge is 0.277 e. The van der Waals surface area contributed by atoms with E-state index in [1.165, 1.54) is 4.90 Å². The molecule has 0 unspecified atom stereocenters. The molecule has 1 saturated heterocycles. The third kappa shape index (κ3) is 3.64. The number of carbonyl (C=O) groups excluding carboxylic acids is 2. The highest BCUT2D eigenvalue weighted by atomic mass is 35.5. The molecular formula is C24H26ClN3O2. The number of carbonyl (C=O) groups is 2.